The van der Waals surface area contributed by atoms with Crippen LogP contribution in [-0.4, -0.2) is 29.6 Å². The molecule has 0 aromatic carbocycles. The smallest absolute Gasteiger partial charge is 0.861 e. The molecular formula is C7H13N2NaO3. The summed E-state index contributed by atoms with van der Waals surface area (Å²) in [6, 6.07) is -0.971. The molecule has 0 saturated heterocycles. The van der Waals surface area contributed by atoms with Crippen LogP contribution in [0, 0.1) is 5.92 Å². The Labute approximate surface area is 99.3 Å². The Morgan fingerprint density at radius 3 is 2.31 bits per heavy atom. The average molecular weight is 196 g/mol. The topological polar surface area (TPSA) is 98.7 Å². The van der Waals surface area contributed by atoms with Gasteiger partial charge in [-0.1, -0.05) is 13.8 Å². The molecule has 0 rings (SSSR count). The minimum Gasteiger partial charge on any atom is -0.861 e. The van der Waals surface area contributed by atoms with Gasteiger partial charge in [0.1, 0.15) is 6.04 Å². The third kappa shape index (κ3) is 6.04. The molecular weight excluding hydrogens is 183 g/mol. The Morgan fingerprint density at radius 1 is 1.62 bits per heavy atom. The van der Waals surface area contributed by atoms with E-state index in [1.165, 1.54) is 0 Å². The molecule has 0 amide bonds. The van der Waals surface area contributed by atoms with Gasteiger partial charge in [-0.25, -0.2) is 4.79 Å². The molecule has 0 bridgehead atoms. The third-order valence-corrected chi connectivity index (χ3v) is 1.34. The molecule has 3 N–H and O–H groups in total. The van der Waals surface area contributed by atoms with E-state index in [-0.39, 0.29) is 42.0 Å². The molecule has 0 radical (unpaired) electrons. The molecule has 0 saturated carbocycles. The summed E-state index contributed by atoms with van der Waals surface area (Å²) in [4.78, 5) is 13.9. The van der Waals surface area contributed by atoms with Crippen LogP contribution in [0.5, 0.6) is 0 Å². The number of hydrogen-bond donors (Lipinski definition) is 2. The van der Waals surface area contributed by atoms with Crippen molar-refractivity contribution < 1.29 is 44.6 Å². The van der Waals surface area contributed by atoms with Gasteiger partial charge < -0.3 is 15.9 Å². The number of aliphatic imine (C=N–C) groups is 1. The minimum absolute atomic E-state index is 0. The first-order valence-electron chi connectivity index (χ1n) is 3.65. The Morgan fingerprint density at radius 2 is 2.08 bits per heavy atom. The van der Waals surface area contributed by atoms with Crippen molar-refractivity contribution in [2.75, 3.05) is 6.54 Å². The number of rotatable bonds is 4. The summed E-state index contributed by atoms with van der Waals surface area (Å²) < 4.78 is 0. The third-order valence-electron chi connectivity index (χ3n) is 1.34. The quantitative estimate of drug-likeness (QED) is 0.270. The van der Waals surface area contributed by atoms with Gasteiger partial charge in [-0.3, -0.25) is 4.99 Å². The predicted molar refractivity (Wildman–Crippen MR) is 42.8 cm³/mol. The van der Waals surface area contributed by atoms with Crippen LogP contribution in [0.4, 0.5) is 0 Å². The van der Waals surface area contributed by atoms with E-state index < -0.39 is 17.9 Å². The van der Waals surface area contributed by atoms with Crippen LogP contribution >= 0.6 is 0 Å². The van der Waals surface area contributed by atoms with Crippen molar-refractivity contribution in [3.63, 3.8) is 0 Å². The van der Waals surface area contributed by atoms with Crippen LogP contribution in [0.15, 0.2) is 4.99 Å². The molecule has 0 aliphatic heterocycles. The molecule has 0 aromatic rings. The minimum atomic E-state index is -1.09. The predicted octanol–water partition coefficient (Wildman–Crippen LogP) is -4.18. The van der Waals surface area contributed by atoms with Crippen LogP contribution in [0.25, 0.3) is 0 Å². The number of hydrogen-bond acceptors (Lipinski definition) is 4. The molecule has 0 fully saturated rings. The molecule has 70 valence electrons. The zero-order chi connectivity index (χ0) is 9.72. The maximum Gasteiger partial charge on any atom is 1.00 e. The van der Waals surface area contributed by atoms with Crippen LogP contribution < -0.4 is 40.4 Å². The molecule has 0 spiro atoms. The van der Waals surface area contributed by atoms with E-state index in [1.807, 2.05) is 0 Å². The van der Waals surface area contributed by atoms with Gasteiger partial charge in [0.15, 0.2) is 0 Å². The maximum atomic E-state index is 10.7. The summed E-state index contributed by atoms with van der Waals surface area (Å²) in [5.41, 5.74) is 4.98. The van der Waals surface area contributed by atoms with Crippen molar-refractivity contribution in [2.45, 2.75) is 19.9 Å². The van der Waals surface area contributed by atoms with Crippen LogP contribution in [0.3, 0.4) is 0 Å². The van der Waals surface area contributed by atoms with Crippen molar-refractivity contribution >= 4 is 11.9 Å². The molecule has 0 unspecified atom stereocenters. The number of nitrogens with zero attached hydrogens (tertiary/aromatic N) is 1. The van der Waals surface area contributed by atoms with Crippen molar-refractivity contribution in [1.82, 2.24) is 0 Å². The fraction of sp³-hybridized carbons (Fsp3) is 0.714. The average Bonchev–Trinajstić information content (AvgIpc) is 1.98. The summed E-state index contributed by atoms with van der Waals surface area (Å²) >= 11 is 0. The Kier molecular flexibility index (Phi) is 8.65. The first-order valence-corrected chi connectivity index (χ1v) is 3.65. The molecule has 0 aliphatic carbocycles. The molecule has 1 atom stereocenters. The summed E-state index contributed by atoms with van der Waals surface area (Å²) in [5, 5.41) is 19.3. The van der Waals surface area contributed by atoms with E-state index in [0.29, 0.717) is 0 Å². The van der Waals surface area contributed by atoms with Crippen LogP contribution in [0.1, 0.15) is 13.8 Å². The second-order valence-electron chi connectivity index (χ2n) is 2.75. The first-order chi connectivity index (χ1) is 5.49. The summed E-state index contributed by atoms with van der Waals surface area (Å²) in [7, 11) is 0. The number of carboxylic acids is 1. The van der Waals surface area contributed by atoms with Crippen molar-refractivity contribution in [2.24, 2.45) is 16.6 Å². The Hall–Kier alpha value is -0.100. The van der Waals surface area contributed by atoms with Crippen LogP contribution in [-0.2, 0) is 4.79 Å². The Balaban J connectivity index is 0. The van der Waals surface area contributed by atoms with E-state index in [4.69, 9.17) is 10.8 Å². The van der Waals surface area contributed by atoms with Crippen molar-refractivity contribution in [3.05, 3.63) is 0 Å². The van der Waals surface area contributed by atoms with E-state index in [1.54, 1.807) is 13.8 Å². The van der Waals surface area contributed by atoms with Gasteiger partial charge in [0, 0.05) is 6.54 Å². The number of carboxylic acid groups (broad SMARTS) is 1. The van der Waals surface area contributed by atoms with E-state index in [0.717, 1.165) is 0 Å². The molecule has 13 heavy (non-hydrogen) atoms. The van der Waals surface area contributed by atoms with Gasteiger partial charge in [-0.05, 0) is 11.8 Å². The molecule has 0 aliphatic rings. The fourth-order valence-electron chi connectivity index (χ4n) is 0.697. The van der Waals surface area contributed by atoms with E-state index in [9.17, 15) is 9.90 Å². The zero-order valence-corrected chi connectivity index (χ0v) is 10.2. The number of aliphatic carboxylic acids is 1. The van der Waals surface area contributed by atoms with Gasteiger partial charge in [0.25, 0.3) is 0 Å². The fourth-order valence-corrected chi connectivity index (χ4v) is 0.697. The SMILES string of the molecule is CC(C)[C@H](N=C([O-])CN)C(=O)O.[Na+]. The molecule has 0 heterocycles. The van der Waals surface area contributed by atoms with E-state index >= 15 is 0 Å². The summed E-state index contributed by atoms with van der Waals surface area (Å²) in [6.07, 6.45) is 0. The van der Waals surface area contributed by atoms with Gasteiger partial charge in [0.05, 0.1) is 0 Å². The van der Waals surface area contributed by atoms with Gasteiger partial charge in [-0.15, -0.1) is 0 Å². The largest absolute Gasteiger partial charge is 1.00 e. The molecule has 6 heteroatoms. The number of nitrogens with two attached hydrogens (primary N) is 1. The van der Waals surface area contributed by atoms with Crippen LogP contribution in [0.2, 0.25) is 0 Å². The van der Waals surface area contributed by atoms with Gasteiger partial charge in [0.2, 0.25) is 0 Å². The monoisotopic (exact) mass is 196 g/mol. The van der Waals surface area contributed by atoms with Crippen molar-refractivity contribution in [1.29, 1.82) is 0 Å². The van der Waals surface area contributed by atoms with Gasteiger partial charge in [-0.2, -0.15) is 0 Å². The maximum absolute atomic E-state index is 10.7. The van der Waals surface area contributed by atoms with Crippen molar-refractivity contribution in [3.8, 4) is 0 Å². The zero-order valence-electron chi connectivity index (χ0n) is 8.15. The van der Waals surface area contributed by atoms with E-state index in [2.05, 4.69) is 4.99 Å². The first kappa shape index (κ1) is 15.4. The molecule has 5 nitrogen and oxygen atoms in total. The standard InChI is InChI=1S/C7H14N2O3.Na/c1-4(2)6(7(11)12)9-5(10)3-8;/h4,6H,3,8H2,1-2H3,(H,9,10)(H,11,12);/q;+1/p-1/t6-;/m0./s1. The second kappa shape index (κ2) is 7.32. The normalized spacial score (nSPS) is 13.7. The Bertz CT molecular complexity index is 194. The summed E-state index contributed by atoms with van der Waals surface area (Å²) in [6.45, 7) is 3.13. The number of carbonyl (C=O) groups is 1. The molecule has 0 aromatic heterocycles. The second-order valence-corrected chi connectivity index (χ2v) is 2.75. The summed E-state index contributed by atoms with van der Waals surface area (Å²) in [5.74, 6) is -1.86. The van der Waals surface area contributed by atoms with Gasteiger partial charge >= 0.3 is 35.5 Å².